The van der Waals surface area contributed by atoms with E-state index in [0.717, 1.165) is 27.7 Å². The molecular weight excluding hydrogens is 276 g/mol. The minimum Gasteiger partial charge on any atom is -0.444 e. The number of anilines is 1. The first-order valence-corrected chi connectivity index (χ1v) is 7.16. The normalized spacial score (nSPS) is 10.8. The van der Waals surface area contributed by atoms with Crippen molar-refractivity contribution in [2.45, 2.75) is 20.5 Å². The summed E-state index contributed by atoms with van der Waals surface area (Å²) in [5.74, 6) is 0. The van der Waals surface area contributed by atoms with Crippen molar-refractivity contribution in [2.24, 2.45) is 0 Å². The summed E-state index contributed by atoms with van der Waals surface area (Å²) in [6.45, 7) is 4.15. The smallest absolute Gasteiger partial charge is 0.419 e. The van der Waals surface area contributed by atoms with E-state index in [2.05, 4.69) is 0 Å². The van der Waals surface area contributed by atoms with Gasteiger partial charge < -0.3 is 10.5 Å². The van der Waals surface area contributed by atoms with Gasteiger partial charge in [-0.1, -0.05) is 30.3 Å². The van der Waals surface area contributed by atoms with Crippen LogP contribution in [0, 0.1) is 13.8 Å². The Morgan fingerprint density at radius 1 is 1.14 bits per heavy atom. The van der Waals surface area contributed by atoms with Crippen molar-refractivity contribution in [3.63, 3.8) is 0 Å². The minimum atomic E-state index is -0.371. The van der Waals surface area contributed by atoms with Gasteiger partial charge in [-0.2, -0.15) is 0 Å². The third-order valence-corrected chi connectivity index (χ3v) is 3.93. The van der Waals surface area contributed by atoms with E-state index in [1.807, 2.05) is 56.3 Å². The lowest BCUT2D eigenvalue weighted by Gasteiger charge is -2.08. The van der Waals surface area contributed by atoms with Gasteiger partial charge in [0, 0.05) is 16.8 Å². The predicted molar refractivity (Wildman–Crippen MR) is 87.8 cm³/mol. The summed E-state index contributed by atoms with van der Waals surface area (Å²) in [5.41, 5.74) is 10.2. The maximum absolute atomic E-state index is 12.5. The number of benzene rings is 2. The summed E-state index contributed by atoms with van der Waals surface area (Å²) in [6.07, 6.45) is -0.371. The van der Waals surface area contributed by atoms with E-state index in [-0.39, 0.29) is 12.7 Å². The minimum absolute atomic E-state index is 0.257. The lowest BCUT2D eigenvalue weighted by molar-refractivity contribution is 0.142. The van der Waals surface area contributed by atoms with Gasteiger partial charge >= 0.3 is 6.09 Å². The molecule has 1 aromatic heterocycles. The van der Waals surface area contributed by atoms with Crippen molar-refractivity contribution < 1.29 is 9.53 Å². The van der Waals surface area contributed by atoms with Crippen LogP contribution in [0.3, 0.4) is 0 Å². The molecule has 0 atom stereocenters. The number of hydrogen-bond donors (Lipinski definition) is 1. The van der Waals surface area contributed by atoms with Crippen LogP contribution in [-0.2, 0) is 11.3 Å². The summed E-state index contributed by atoms with van der Waals surface area (Å²) in [4.78, 5) is 12.5. The molecule has 22 heavy (non-hydrogen) atoms. The Labute approximate surface area is 129 Å². The number of rotatable bonds is 2. The Morgan fingerprint density at radius 2 is 1.86 bits per heavy atom. The number of nitrogens with zero attached hydrogens (tertiary/aromatic N) is 1. The molecule has 3 rings (SSSR count). The van der Waals surface area contributed by atoms with E-state index in [9.17, 15) is 4.79 Å². The molecule has 2 aromatic carbocycles. The molecule has 0 aliphatic rings. The number of nitrogen functional groups attached to an aromatic ring is 1. The maximum Gasteiger partial charge on any atom is 0.419 e. The zero-order chi connectivity index (χ0) is 15.7. The molecule has 0 radical (unpaired) electrons. The molecule has 3 aromatic rings. The largest absolute Gasteiger partial charge is 0.444 e. The van der Waals surface area contributed by atoms with Gasteiger partial charge in [0.05, 0.1) is 5.52 Å². The summed E-state index contributed by atoms with van der Waals surface area (Å²) in [6, 6.07) is 15.2. The average molecular weight is 294 g/mol. The summed E-state index contributed by atoms with van der Waals surface area (Å²) in [5, 5.41) is 0.981. The standard InChI is InChI=1S/C18H18N2O2/c1-12-13(2)20(17-9-8-15(19)10-16(12)17)18(21)22-11-14-6-4-3-5-7-14/h3-10H,11,19H2,1-2H3. The van der Waals surface area contributed by atoms with Crippen molar-refractivity contribution >= 4 is 22.7 Å². The first kappa shape index (κ1) is 14.2. The highest BCUT2D eigenvalue weighted by Gasteiger charge is 2.17. The lowest BCUT2D eigenvalue weighted by atomic mass is 10.1. The Hall–Kier alpha value is -2.75. The van der Waals surface area contributed by atoms with Crippen LogP contribution in [0.15, 0.2) is 48.5 Å². The van der Waals surface area contributed by atoms with E-state index < -0.39 is 0 Å². The number of hydrogen-bond acceptors (Lipinski definition) is 3. The highest BCUT2D eigenvalue weighted by Crippen LogP contribution is 2.27. The average Bonchev–Trinajstić information content (AvgIpc) is 2.78. The van der Waals surface area contributed by atoms with Crippen LogP contribution in [0.1, 0.15) is 16.8 Å². The second-order valence-electron chi connectivity index (χ2n) is 5.36. The molecule has 0 aliphatic carbocycles. The number of aryl methyl sites for hydroxylation is 1. The lowest BCUT2D eigenvalue weighted by Crippen LogP contribution is -2.15. The molecule has 112 valence electrons. The Morgan fingerprint density at radius 3 is 2.59 bits per heavy atom. The molecule has 2 N–H and O–H groups in total. The molecular formula is C18H18N2O2. The van der Waals surface area contributed by atoms with Crippen LogP contribution < -0.4 is 5.73 Å². The van der Waals surface area contributed by atoms with E-state index in [1.165, 1.54) is 0 Å². The second kappa shape index (κ2) is 5.56. The zero-order valence-electron chi connectivity index (χ0n) is 12.7. The first-order valence-electron chi connectivity index (χ1n) is 7.16. The van der Waals surface area contributed by atoms with Gasteiger partial charge in [0.1, 0.15) is 6.61 Å². The van der Waals surface area contributed by atoms with Crippen LogP contribution in [0.2, 0.25) is 0 Å². The van der Waals surface area contributed by atoms with E-state index in [1.54, 1.807) is 10.6 Å². The maximum atomic E-state index is 12.5. The van der Waals surface area contributed by atoms with E-state index in [0.29, 0.717) is 5.69 Å². The number of carbonyl (C=O) groups is 1. The van der Waals surface area contributed by atoms with Crippen LogP contribution in [0.25, 0.3) is 10.9 Å². The van der Waals surface area contributed by atoms with Gasteiger partial charge in [0.15, 0.2) is 0 Å². The molecule has 0 saturated heterocycles. The predicted octanol–water partition coefficient (Wildman–Crippen LogP) is 4.03. The fourth-order valence-electron chi connectivity index (χ4n) is 2.61. The number of ether oxygens (including phenoxy) is 1. The first-order chi connectivity index (χ1) is 10.6. The molecule has 0 saturated carbocycles. The molecule has 0 fully saturated rings. The molecule has 0 amide bonds. The highest BCUT2D eigenvalue weighted by atomic mass is 16.5. The monoisotopic (exact) mass is 294 g/mol. The SMILES string of the molecule is Cc1c(C)n(C(=O)OCc2ccccc2)c2ccc(N)cc12. The summed E-state index contributed by atoms with van der Waals surface area (Å²) < 4.78 is 7.04. The number of nitrogens with two attached hydrogens (primary N) is 1. The second-order valence-corrected chi connectivity index (χ2v) is 5.36. The Balaban J connectivity index is 1.92. The van der Waals surface area contributed by atoms with Crippen molar-refractivity contribution in [1.29, 1.82) is 0 Å². The molecule has 0 aliphatic heterocycles. The van der Waals surface area contributed by atoms with Crippen molar-refractivity contribution in [1.82, 2.24) is 4.57 Å². The van der Waals surface area contributed by atoms with Gasteiger partial charge in [-0.25, -0.2) is 9.36 Å². The van der Waals surface area contributed by atoms with Crippen LogP contribution >= 0.6 is 0 Å². The van der Waals surface area contributed by atoms with Gasteiger partial charge in [-0.3, -0.25) is 0 Å². The van der Waals surface area contributed by atoms with Crippen LogP contribution in [0.4, 0.5) is 10.5 Å². The third-order valence-electron chi connectivity index (χ3n) is 3.93. The molecule has 4 heteroatoms. The molecule has 4 nitrogen and oxygen atoms in total. The number of fused-ring (bicyclic) bond motifs is 1. The topological polar surface area (TPSA) is 57.2 Å². The van der Waals surface area contributed by atoms with Crippen LogP contribution in [-0.4, -0.2) is 10.7 Å². The molecule has 1 heterocycles. The van der Waals surface area contributed by atoms with E-state index >= 15 is 0 Å². The van der Waals surface area contributed by atoms with E-state index in [4.69, 9.17) is 10.5 Å². The quantitative estimate of drug-likeness (QED) is 0.726. The van der Waals surface area contributed by atoms with Crippen LogP contribution in [0.5, 0.6) is 0 Å². The molecule has 0 unspecified atom stereocenters. The zero-order valence-corrected chi connectivity index (χ0v) is 12.7. The Kier molecular flexibility index (Phi) is 3.59. The third kappa shape index (κ3) is 2.44. The van der Waals surface area contributed by atoms with Gasteiger partial charge in [0.25, 0.3) is 0 Å². The fourth-order valence-corrected chi connectivity index (χ4v) is 2.61. The molecule has 0 spiro atoms. The summed E-state index contributed by atoms with van der Waals surface area (Å²) >= 11 is 0. The van der Waals surface area contributed by atoms with Crippen molar-refractivity contribution in [3.8, 4) is 0 Å². The van der Waals surface area contributed by atoms with Gasteiger partial charge in [-0.15, -0.1) is 0 Å². The van der Waals surface area contributed by atoms with Gasteiger partial charge in [-0.05, 0) is 43.2 Å². The highest BCUT2D eigenvalue weighted by molar-refractivity contribution is 5.94. The number of aromatic nitrogens is 1. The molecule has 0 bridgehead atoms. The van der Waals surface area contributed by atoms with Crippen molar-refractivity contribution in [3.05, 3.63) is 65.4 Å². The van der Waals surface area contributed by atoms with Gasteiger partial charge in [0.2, 0.25) is 0 Å². The number of carbonyl (C=O) groups excluding carboxylic acids is 1. The summed E-state index contributed by atoms with van der Waals surface area (Å²) in [7, 11) is 0. The Bertz CT molecular complexity index is 835. The van der Waals surface area contributed by atoms with Crippen molar-refractivity contribution in [2.75, 3.05) is 5.73 Å². The fraction of sp³-hybridized carbons (Fsp3) is 0.167.